The summed E-state index contributed by atoms with van der Waals surface area (Å²) in [6.07, 6.45) is 5.42. The number of ether oxygens (including phenoxy) is 7. The summed E-state index contributed by atoms with van der Waals surface area (Å²) in [6, 6.07) is 10.1. The molecule has 3 aliphatic rings. The maximum atomic E-state index is 14.9. The number of nitrogens with one attached hydrogen (secondary N) is 5. The van der Waals surface area contributed by atoms with Crippen LogP contribution in [0.2, 0.25) is 36.3 Å². The molecular formula is C72H104N8O17Si2. The van der Waals surface area contributed by atoms with E-state index in [0.717, 1.165) is 11.1 Å². The van der Waals surface area contributed by atoms with Crippen LogP contribution in [0, 0.1) is 5.41 Å². The normalized spacial score (nSPS) is 16.3. The molecular weight excluding hydrogens is 1310 g/mol. The molecule has 0 aromatic heterocycles. The second-order valence-corrected chi connectivity index (χ2v) is 37.9. The van der Waals surface area contributed by atoms with E-state index in [0.29, 0.717) is 62.9 Å². The molecule has 0 spiro atoms. The third kappa shape index (κ3) is 21.7. The summed E-state index contributed by atoms with van der Waals surface area (Å²) < 4.78 is 53.6. The Labute approximate surface area is 584 Å². The Balaban J connectivity index is 1.15. The molecule has 1 saturated carbocycles. The molecule has 0 radical (unpaired) electrons. The van der Waals surface area contributed by atoms with Gasteiger partial charge in [0.1, 0.15) is 31.3 Å². The lowest BCUT2D eigenvalue weighted by Gasteiger charge is -2.38. The van der Waals surface area contributed by atoms with Crippen molar-refractivity contribution in [1.29, 1.82) is 0 Å². The monoisotopic (exact) mass is 1410 g/mol. The van der Waals surface area contributed by atoms with Crippen LogP contribution in [0.4, 0.5) is 31.4 Å². The van der Waals surface area contributed by atoms with Gasteiger partial charge in [-0.1, -0.05) is 110 Å². The van der Waals surface area contributed by atoms with Crippen molar-refractivity contribution in [3.63, 3.8) is 0 Å². The van der Waals surface area contributed by atoms with Crippen LogP contribution in [-0.2, 0) is 44.1 Å². The average Bonchev–Trinajstić information content (AvgIpc) is 1.51. The van der Waals surface area contributed by atoms with E-state index in [1.807, 2.05) is 0 Å². The number of carbonyl (C=O) groups is 8. The van der Waals surface area contributed by atoms with E-state index in [9.17, 15) is 38.4 Å². The minimum absolute atomic E-state index is 0.0390. The quantitative estimate of drug-likeness (QED) is 0.00796. The van der Waals surface area contributed by atoms with Crippen molar-refractivity contribution in [1.82, 2.24) is 20.4 Å². The van der Waals surface area contributed by atoms with Gasteiger partial charge in [-0.15, -0.1) is 0 Å². The molecule has 7 N–H and O–H groups in total. The number of likely N-dealkylation sites (tertiary alicyclic amines) is 2. The van der Waals surface area contributed by atoms with Gasteiger partial charge in [0.2, 0.25) is 11.8 Å². The highest BCUT2D eigenvalue weighted by atomic mass is 28.4. The maximum Gasteiger partial charge on any atom is 0.411 e. The molecule has 3 aromatic carbocycles. The number of amides is 8. The predicted molar refractivity (Wildman–Crippen MR) is 385 cm³/mol. The molecule has 27 heteroatoms. The van der Waals surface area contributed by atoms with Crippen molar-refractivity contribution < 1.29 is 80.4 Å². The van der Waals surface area contributed by atoms with Crippen LogP contribution in [-0.4, -0.2) is 166 Å². The molecule has 3 fully saturated rings. The van der Waals surface area contributed by atoms with E-state index in [-0.39, 0.29) is 152 Å². The fourth-order valence-corrected chi connectivity index (χ4v) is 12.8. The van der Waals surface area contributed by atoms with Crippen molar-refractivity contribution >= 4 is 81.5 Å². The molecule has 3 aromatic rings. The Morgan fingerprint density at radius 3 is 1.56 bits per heavy atom. The van der Waals surface area contributed by atoms with E-state index < -0.39 is 70.0 Å². The van der Waals surface area contributed by atoms with Crippen LogP contribution < -0.4 is 51.3 Å². The van der Waals surface area contributed by atoms with Crippen molar-refractivity contribution in [2.45, 2.75) is 167 Å². The van der Waals surface area contributed by atoms with E-state index in [1.165, 1.54) is 38.5 Å². The Bertz CT molecular complexity index is 3430. The smallest absolute Gasteiger partial charge is 0.411 e. The number of hydrogen-bond acceptors (Lipinski definition) is 17. The summed E-state index contributed by atoms with van der Waals surface area (Å²) in [5, 5.41) is 13.4. The second-order valence-electron chi connectivity index (χ2n) is 28.3. The van der Waals surface area contributed by atoms with Crippen LogP contribution in [0.1, 0.15) is 132 Å². The SMILES string of the molecule is C=CCOC(=O)Nc1cc(OCCCCCOc2cc(NC(=O)OCc3ccc(NC(=O)[C@H](CCCNC(N)=O)NC(=O)C4(C(=O)OCC=C)CCC4)cc3)c(C(=O)N3CC(=C)C[C@H]3CO[Si](C)(C)C(C)(C)C)cc2OC)c(OC)cc1C(=O)N1CC(=C)C[C@H]1CO[Si](C)(C)C(C)(C)C. The van der Waals surface area contributed by atoms with E-state index in [1.54, 1.807) is 46.2 Å². The van der Waals surface area contributed by atoms with Gasteiger partial charge in [-0.05, 0) is 124 Å². The summed E-state index contributed by atoms with van der Waals surface area (Å²) >= 11 is 0. The summed E-state index contributed by atoms with van der Waals surface area (Å²) in [4.78, 5) is 112. The Kier molecular flexibility index (Phi) is 28.4. The van der Waals surface area contributed by atoms with Gasteiger partial charge in [0.15, 0.2) is 39.6 Å². The van der Waals surface area contributed by atoms with Gasteiger partial charge in [0, 0.05) is 37.5 Å². The van der Waals surface area contributed by atoms with Crippen LogP contribution in [0.25, 0.3) is 0 Å². The predicted octanol–water partition coefficient (Wildman–Crippen LogP) is 12.2. The molecule has 3 atom stereocenters. The second kappa shape index (κ2) is 35.4. The van der Waals surface area contributed by atoms with Gasteiger partial charge >= 0.3 is 24.2 Å². The molecule has 542 valence electrons. The molecule has 0 unspecified atom stereocenters. The first-order valence-corrected chi connectivity index (χ1v) is 39.4. The zero-order valence-electron chi connectivity index (χ0n) is 59.9. The van der Waals surface area contributed by atoms with E-state index >= 15 is 0 Å². The summed E-state index contributed by atoms with van der Waals surface area (Å²) in [6.45, 7) is 38.5. The number of nitrogens with two attached hydrogens (primary N) is 1. The largest absolute Gasteiger partial charge is 0.493 e. The fraction of sp³-hybridized carbons (Fsp3) is 0.528. The molecule has 0 bridgehead atoms. The van der Waals surface area contributed by atoms with Crippen molar-refractivity contribution in [2.75, 3.05) is 89.4 Å². The van der Waals surface area contributed by atoms with Gasteiger partial charge in [-0.3, -0.25) is 34.6 Å². The number of esters is 1. The zero-order valence-corrected chi connectivity index (χ0v) is 61.9. The third-order valence-corrected chi connectivity index (χ3v) is 27.9. The molecule has 8 amide bonds. The zero-order chi connectivity index (χ0) is 73.0. The molecule has 1 aliphatic carbocycles. The summed E-state index contributed by atoms with van der Waals surface area (Å²) in [5.41, 5.74) is 6.93. The maximum absolute atomic E-state index is 14.9. The highest BCUT2D eigenvalue weighted by Gasteiger charge is 2.53. The van der Waals surface area contributed by atoms with Crippen molar-refractivity contribution in [2.24, 2.45) is 11.1 Å². The highest BCUT2D eigenvalue weighted by Crippen LogP contribution is 2.44. The summed E-state index contributed by atoms with van der Waals surface area (Å²) in [5.74, 6) is -1.66. The number of methoxy groups -OCH3 is 2. The van der Waals surface area contributed by atoms with Crippen LogP contribution in [0.15, 0.2) is 98.1 Å². The molecule has 6 rings (SSSR count). The molecule has 2 aliphatic heterocycles. The van der Waals surface area contributed by atoms with E-state index in [2.05, 4.69) is 121 Å². The van der Waals surface area contributed by atoms with Crippen molar-refractivity contribution in [3.05, 3.63) is 115 Å². The lowest BCUT2D eigenvalue weighted by molar-refractivity contribution is -0.167. The Morgan fingerprint density at radius 1 is 0.646 bits per heavy atom. The van der Waals surface area contributed by atoms with Crippen LogP contribution >= 0.6 is 0 Å². The molecule has 99 heavy (non-hydrogen) atoms. The van der Waals surface area contributed by atoms with Gasteiger partial charge in [-0.2, -0.15) is 0 Å². The minimum atomic E-state index is -2.23. The third-order valence-electron chi connectivity index (χ3n) is 18.9. The first kappa shape index (κ1) is 79.3. The fourth-order valence-electron chi connectivity index (χ4n) is 10.8. The standard InChI is InChI=1S/C72H104N8O17Si2/c1-17-32-93-66(85)72(29-23-30-72)65(84)76-55(24-22-31-74-67(73)86)62(81)75-50-27-25-49(26-28-50)44-95-69(88)78-57-41-61(59(90-12)39-54(57)64(83)80-43-48(4)37-52(80)46-97-99(15,16)71(8,9)10)92-35-21-19-20-34-91-60-40-56(77-68(87)94-33-18-2)53(38-58(60)89-11)63(82)79-42-47(3)36-51(79)45-96-98(13,14)70(5,6)7/h17-18,25-28,38-41,51-52,55H,1-4,19-24,29-37,42-46H2,5-16H3,(H,75,81)(H,76,84)(H,77,87)(H,78,88)(H3,73,74,86)/t51-,52-,55-/m0/s1. The number of benzene rings is 3. The number of carbonyl (C=O) groups excluding carboxylic acids is 8. The first-order chi connectivity index (χ1) is 46.7. The Hall–Kier alpha value is -8.67. The highest BCUT2D eigenvalue weighted by molar-refractivity contribution is 6.74. The lowest BCUT2D eigenvalue weighted by Crippen LogP contribution is -2.56. The van der Waals surface area contributed by atoms with Gasteiger partial charge in [-0.25, -0.2) is 14.4 Å². The lowest BCUT2D eigenvalue weighted by atomic mass is 9.68. The number of hydrogen-bond donors (Lipinski definition) is 6. The number of nitrogens with zero attached hydrogens (tertiary/aromatic N) is 2. The Morgan fingerprint density at radius 2 is 1.12 bits per heavy atom. The topological polar surface area (TPSA) is 312 Å². The molecule has 25 nitrogen and oxygen atoms in total. The van der Waals surface area contributed by atoms with Gasteiger partial charge in [0.25, 0.3) is 11.8 Å². The number of primary amides is 1. The molecule has 2 saturated heterocycles. The number of anilines is 3. The van der Waals surface area contributed by atoms with Crippen LogP contribution in [0.3, 0.4) is 0 Å². The minimum Gasteiger partial charge on any atom is -0.493 e. The van der Waals surface area contributed by atoms with Crippen molar-refractivity contribution in [3.8, 4) is 23.0 Å². The average molecular weight is 1410 g/mol. The van der Waals surface area contributed by atoms with Crippen LogP contribution in [0.5, 0.6) is 23.0 Å². The van der Waals surface area contributed by atoms with Gasteiger partial charge < -0.3 is 73.5 Å². The number of unbranched alkanes of at least 4 members (excludes halogenated alkanes) is 2. The van der Waals surface area contributed by atoms with Gasteiger partial charge in [0.05, 0.1) is 75.2 Å². The number of urea groups is 1. The molecule has 2 heterocycles. The first-order valence-electron chi connectivity index (χ1n) is 33.6. The van der Waals surface area contributed by atoms with E-state index in [4.69, 9.17) is 47.7 Å². The summed E-state index contributed by atoms with van der Waals surface area (Å²) in [7, 11) is -1.48. The number of rotatable bonds is 35.